The summed E-state index contributed by atoms with van der Waals surface area (Å²) in [5.74, 6) is 0.319. The molecule has 1 saturated carbocycles. The predicted octanol–water partition coefficient (Wildman–Crippen LogP) is 2.02. The van der Waals surface area contributed by atoms with E-state index in [0.717, 1.165) is 12.8 Å². The van der Waals surface area contributed by atoms with Gasteiger partial charge >= 0.3 is 0 Å². The lowest BCUT2D eigenvalue weighted by Crippen LogP contribution is -2.43. The SMILES string of the molecule is CCC(=O)CC1(N)CCCCC1. The largest absolute Gasteiger partial charge is 0.325 e. The molecule has 0 atom stereocenters. The van der Waals surface area contributed by atoms with Gasteiger partial charge in [0.2, 0.25) is 0 Å². The van der Waals surface area contributed by atoms with E-state index in [9.17, 15) is 4.79 Å². The summed E-state index contributed by atoms with van der Waals surface area (Å²) in [5, 5.41) is 0. The number of rotatable bonds is 3. The van der Waals surface area contributed by atoms with Crippen molar-refractivity contribution < 1.29 is 4.79 Å². The maximum atomic E-state index is 11.2. The van der Waals surface area contributed by atoms with E-state index in [2.05, 4.69) is 0 Å². The molecule has 12 heavy (non-hydrogen) atoms. The van der Waals surface area contributed by atoms with Crippen LogP contribution in [-0.4, -0.2) is 11.3 Å². The Morgan fingerprint density at radius 3 is 2.42 bits per heavy atom. The fourth-order valence-corrected chi connectivity index (χ4v) is 1.95. The van der Waals surface area contributed by atoms with Crippen LogP contribution in [0.1, 0.15) is 51.9 Å². The molecule has 0 amide bonds. The van der Waals surface area contributed by atoms with Crippen LogP contribution in [0.2, 0.25) is 0 Å². The van der Waals surface area contributed by atoms with Crippen molar-refractivity contribution in [3.63, 3.8) is 0 Å². The Morgan fingerprint density at radius 2 is 1.92 bits per heavy atom. The topological polar surface area (TPSA) is 43.1 Å². The van der Waals surface area contributed by atoms with E-state index in [1.54, 1.807) is 0 Å². The van der Waals surface area contributed by atoms with E-state index in [4.69, 9.17) is 5.73 Å². The molecule has 0 spiro atoms. The van der Waals surface area contributed by atoms with Gasteiger partial charge in [-0.25, -0.2) is 0 Å². The van der Waals surface area contributed by atoms with Crippen molar-refractivity contribution in [2.75, 3.05) is 0 Å². The summed E-state index contributed by atoms with van der Waals surface area (Å²) in [5.41, 5.74) is 5.97. The van der Waals surface area contributed by atoms with E-state index >= 15 is 0 Å². The smallest absolute Gasteiger partial charge is 0.134 e. The van der Waals surface area contributed by atoms with E-state index in [-0.39, 0.29) is 5.54 Å². The summed E-state index contributed by atoms with van der Waals surface area (Å²) in [6.07, 6.45) is 7.01. The van der Waals surface area contributed by atoms with E-state index in [1.165, 1.54) is 19.3 Å². The normalized spacial score (nSPS) is 22.2. The van der Waals surface area contributed by atoms with E-state index in [0.29, 0.717) is 18.6 Å². The Labute approximate surface area is 74.5 Å². The van der Waals surface area contributed by atoms with Gasteiger partial charge in [-0.1, -0.05) is 26.2 Å². The first-order valence-electron chi connectivity index (χ1n) is 4.97. The second-order valence-electron chi connectivity index (χ2n) is 3.99. The highest BCUT2D eigenvalue weighted by Crippen LogP contribution is 2.28. The number of hydrogen-bond donors (Lipinski definition) is 1. The Bertz CT molecular complexity index is 159. The maximum absolute atomic E-state index is 11.2. The van der Waals surface area contributed by atoms with Crippen LogP contribution in [0.5, 0.6) is 0 Å². The molecule has 1 aliphatic carbocycles. The lowest BCUT2D eigenvalue weighted by molar-refractivity contribution is -0.120. The maximum Gasteiger partial charge on any atom is 0.134 e. The highest BCUT2D eigenvalue weighted by atomic mass is 16.1. The molecule has 0 aromatic carbocycles. The van der Waals surface area contributed by atoms with Gasteiger partial charge in [0.05, 0.1) is 0 Å². The average molecular weight is 169 g/mol. The summed E-state index contributed by atoms with van der Waals surface area (Å²) in [6.45, 7) is 1.91. The average Bonchev–Trinajstić information content (AvgIpc) is 2.05. The number of Topliss-reactive ketones (excluding diaryl/α,β-unsaturated/α-hetero) is 1. The number of hydrogen-bond acceptors (Lipinski definition) is 2. The molecule has 0 radical (unpaired) electrons. The molecular weight excluding hydrogens is 150 g/mol. The summed E-state index contributed by atoms with van der Waals surface area (Å²) >= 11 is 0. The zero-order valence-electron chi connectivity index (χ0n) is 7.94. The molecule has 1 fully saturated rings. The number of carbonyl (C=O) groups is 1. The van der Waals surface area contributed by atoms with Crippen LogP contribution in [-0.2, 0) is 4.79 Å². The minimum absolute atomic E-state index is 0.147. The summed E-state index contributed by atoms with van der Waals surface area (Å²) < 4.78 is 0. The Hall–Kier alpha value is -0.370. The van der Waals surface area contributed by atoms with E-state index < -0.39 is 0 Å². The molecule has 0 aromatic rings. The Morgan fingerprint density at radius 1 is 1.33 bits per heavy atom. The molecule has 2 nitrogen and oxygen atoms in total. The molecule has 0 aromatic heterocycles. The predicted molar refractivity (Wildman–Crippen MR) is 49.9 cm³/mol. The second-order valence-corrected chi connectivity index (χ2v) is 3.99. The molecule has 0 aliphatic heterocycles. The fraction of sp³-hybridized carbons (Fsp3) is 0.900. The van der Waals surface area contributed by atoms with Crippen LogP contribution in [0.25, 0.3) is 0 Å². The molecule has 1 aliphatic rings. The van der Waals surface area contributed by atoms with Crippen LogP contribution in [0.3, 0.4) is 0 Å². The van der Waals surface area contributed by atoms with E-state index in [1.807, 2.05) is 6.92 Å². The first-order chi connectivity index (χ1) is 5.66. The van der Waals surface area contributed by atoms with Crippen molar-refractivity contribution >= 4 is 5.78 Å². The monoisotopic (exact) mass is 169 g/mol. The molecule has 0 unspecified atom stereocenters. The molecule has 0 saturated heterocycles. The van der Waals surface area contributed by atoms with Crippen LogP contribution in [0.15, 0.2) is 0 Å². The quantitative estimate of drug-likeness (QED) is 0.702. The summed E-state index contributed by atoms with van der Waals surface area (Å²) in [6, 6.07) is 0. The van der Waals surface area contributed by atoms with Crippen LogP contribution in [0, 0.1) is 0 Å². The van der Waals surface area contributed by atoms with Crippen molar-refractivity contribution in [2.45, 2.75) is 57.4 Å². The molecule has 2 heteroatoms. The van der Waals surface area contributed by atoms with Gasteiger partial charge in [-0.3, -0.25) is 4.79 Å². The first-order valence-corrected chi connectivity index (χ1v) is 4.97. The third-order valence-corrected chi connectivity index (χ3v) is 2.79. The van der Waals surface area contributed by atoms with Gasteiger partial charge in [0.1, 0.15) is 5.78 Å². The minimum Gasteiger partial charge on any atom is -0.325 e. The lowest BCUT2D eigenvalue weighted by atomic mass is 9.79. The van der Waals surface area contributed by atoms with Crippen molar-refractivity contribution in [1.29, 1.82) is 0 Å². The molecule has 2 N–H and O–H groups in total. The molecule has 70 valence electrons. The zero-order chi connectivity index (χ0) is 9.03. The van der Waals surface area contributed by atoms with Gasteiger partial charge in [0.25, 0.3) is 0 Å². The Balaban J connectivity index is 2.41. The van der Waals surface area contributed by atoms with Crippen molar-refractivity contribution in [1.82, 2.24) is 0 Å². The number of ketones is 1. The van der Waals surface area contributed by atoms with Crippen molar-refractivity contribution in [2.24, 2.45) is 5.73 Å². The third kappa shape index (κ3) is 2.59. The summed E-state index contributed by atoms with van der Waals surface area (Å²) in [4.78, 5) is 11.2. The van der Waals surface area contributed by atoms with Crippen LogP contribution in [0.4, 0.5) is 0 Å². The van der Waals surface area contributed by atoms with Gasteiger partial charge in [-0.15, -0.1) is 0 Å². The summed E-state index contributed by atoms with van der Waals surface area (Å²) in [7, 11) is 0. The van der Waals surface area contributed by atoms with Gasteiger partial charge in [0.15, 0.2) is 0 Å². The Kier molecular flexibility index (Phi) is 3.27. The third-order valence-electron chi connectivity index (χ3n) is 2.79. The van der Waals surface area contributed by atoms with Gasteiger partial charge in [-0.2, -0.15) is 0 Å². The fourth-order valence-electron chi connectivity index (χ4n) is 1.95. The van der Waals surface area contributed by atoms with Gasteiger partial charge in [-0.05, 0) is 12.8 Å². The molecule has 1 rings (SSSR count). The van der Waals surface area contributed by atoms with Crippen molar-refractivity contribution in [3.05, 3.63) is 0 Å². The zero-order valence-corrected chi connectivity index (χ0v) is 7.94. The lowest BCUT2D eigenvalue weighted by Gasteiger charge is -2.32. The number of carbonyl (C=O) groups excluding carboxylic acids is 1. The van der Waals surface area contributed by atoms with Crippen LogP contribution >= 0.6 is 0 Å². The van der Waals surface area contributed by atoms with Gasteiger partial charge < -0.3 is 5.73 Å². The standard InChI is InChI=1S/C10H19NO/c1-2-9(12)8-10(11)6-4-3-5-7-10/h2-8,11H2,1H3. The highest BCUT2D eigenvalue weighted by Gasteiger charge is 2.28. The minimum atomic E-state index is -0.147. The molecular formula is C10H19NO. The van der Waals surface area contributed by atoms with Crippen LogP contribution < -0.4 is 5.73 Å². The highest BCUT2D eigenvalue weighted by molar-refractivity contribution is 5.79. The number of nitrogens with two attached hydrogens (primary N) is 1. The first kappa shape index (κ1) is 9.72. The van der Waals surface area contributed by atoms with Gasteiger partial charge in [0, 0.05) is 18.4 Å². The van der Waals surface area contributed by atoms with Crippen molar-refractivity contribution in [3.8, 4) is 0 Å². The molecule has 0 heterocycles. The molecule has 0 bridgehead atoms. The second kappa shape index (κ2) is 4.04.